The molecule has 5 heteroatoms. The van der Waals surface area contributed by atoms with Gasteiger partial charge in [0.25, 0.3) is 0 Å². The first kappa shape index (κ1) is 16.2. The molecule has 2 rings (SSSR count). The maximum absolute atomic E-state index is 11.9. The zero-order valence-electron chi connectivity index (χ0n) is 12.4. The van der Waals surface area contributed by atoms with Gasteiger partial charge < -0.3 is 10.6 Å². The van der Waals surface area contributed by atoms with E-state index < -0.39 is 11.8 Å². The van der Waals surface area contributed by atoms with Gasteiger partial charge in [0.15, 0.2) is 0 Å². The summed E-state index contributed by atoms with van der Waals surface area (Å²) in [5.41, 5.74) is 3.70. The van der Waals surface area contributed by atoms with Crippen LogP contribution in [0.4, 0.5) is 5.69 Å². The van der Waals surface area contributed by atoms with E-state index in [0.29, 0.717) is 12.2 Å². The van der Waals surface area contributed by atoms with Gasteiger partial charge in [0, 0.05) is 16.7 Å². The summed E-state index contributed by atoms with van der Waals surface area (Å²) in [6, 6.07) is 13.2. The fourth-order valence-electron chi connectivity index (χ4n) is 1.94. The van der Waals surface area contributed by atoms with E-state index in [4.69, 9.17) is 0 Å². The molecule has 0 aliphatic rings. The van der Waals surface area contributed by atoms with Crippen molar-refractivity contribution < 1.29 is 9.59 Å². The van der Waals surface area contributed by atoms with Gasteiger partial charge in [-0.25, -0.2) is 0 Å². The minimum absolute atomic E-state index is 0.325. The Balaban J connectivity index is 1.92. The van der Waals surface area contributed by atoms with Gasteiger partial charge in [0.1, 0.15) is 0 Å². The third kappa shape index (κ3) is 4.43. The van der Waals surface area contributed by atoms with Crippen LogP contribution in [0.1, 0.15) is 16.7 Å². The highest BCUT2D eigenvalue weighted by molar-refractivity contribution is 9.10. The number of benzene rings is 2. The number of halogens is 1. The summed E-state index contributed by atoms with van der Waals surface area (Å²) in [6.07, 6.45) is 0. The van der Waals surface area contributed by atoms with Gasteiger partial charge in [-0.1, -0.05) is 51.8 Å². The second kappa shape index (κ2) is 7.22. The number of anilines is 1. The maximum atomic E-state index is 11.9. The van der Waals surface area contributed by atoms with E-state index >= 15 is 0 Å². The molecular formula is C17H17BrN2O2. The average molecular weight is 361 g/mol. The summed E-state index contributed by atoms with van der Waals surface area (Å²) < 4.78 is 0.880. The Kier molecular flexibility index (Phi) is 5.33. The van der Waals surface area contributed by atoms with Crippen LogP contribution in [-0.4, -0.2) is 11.8 Å². The molecule has 2 N–H and O–H groups in total. The first-order valence-electron chi connectivity index (χ1n) is 6.86. The quantitative estimate of drug-likeness (QED) is 0.824. The Labute approximate surface area is 138 Å². The molecule has 0 saturated carbocycles. The van der Waals surface area contributed by atoms with E-state index in [1.807, 2.05) is 44.2 Å². The molecule has 0 bridgehead atoms. The van der Waals surface area contributed by atoms with Crippen LogP contribution in [0, 0.1) is 13.8 Å². The molecule has 2 aromatic rings. The number of aryl methyl sites for hydroxylation is 2. The van der Waals surface area contributed by atoms with Gasteiger partial charge >= 0.3 is 11.8 Å². The van der Waals surface area contributed by atoms with Crippen molar-refractivity contribution in [3.8, 4) is 0 Å². The fourth-order valence-corrected chi connectivity index (χ4v) is 2.32. The van der Waals surface area contributed by atoms with Gasteiger partial charge in [-0.15, -0.1) is 0 Å². The number of amides is 2. The van der Waals surface area contributed by atoms with Crippen molar-refractivity contribution in [2.45, 2.75) is 20.4 Å². The normalized spacial score (nSPS) is 10.1. The topological polar surface area (TPSA) is 58.2 Å². The van der Waals surface area contributed by atoms with Crippen molar-refractivity contribution in [3.63, 3.8) is 0 Å². The first-order chi connectivity index (χ1) is 10.5. The van der Waals surface area contributed by atoms with Crippen LogP contribution in [-0.2, 0) is 16.1 Å². The molecule has 0 heterocycles. The van der Waals surface area contributed by atoms with E-state index in [-0.39, 0.29) is 0 Å². The molecule has 0 aliphatic carbocycles. The van der Waals surface area contributed by atoms with Crippen molar-refractivity contribution in [3.05, 3.63) is 63.6 Å². The fraction of sp³-hybridized carbons (Fsp3) is 0.176. The van der Waals surface area contributed by atoms with E-state index in [2.05, 4.69) is 26.6 Å². The zero-order valence-corrected chi connectivity index (χ0v) is 14.0. The molecule has 0 spiro atoms. The lowest BCUT2D eigenvalue weighted by Crippen LogP contribution is -2.34. The number of rotatable bonds is 3. The van der Waals surface area contributed by atoms with Crippen LogP contribution in [0.5, 0.6) is 0 Å². The zero-order chi connectivity index (χ0) is 16.1. The Hall–Kier alpha value is -2.14. The lowest BCUT2D eigenvalue weighted by molar-refractivity contribution is -0.136. The van der Waals surface area contributed by atoms with Crippen LogP contribution in [0.25, 0.3) is 0 Å². The van der Waals surface area contributed by atoms with Crippen LogP contribution >= 0.6 is 15.9 Å². The van der Waals surface area contributed by atoms with Crippen molar-refractivity contribution in [1.29, 1.82) is 0 Å². The summed E-state index contributed by atoms with van der Waals surface area (Å²) in [5.74, 6) is -1.33. The van der Waals surface area contributed by atoms with Gasteiger partial charge in [-0.3, -0.25) is 9.59 Å². The van der Waals surface area contributed by atoms with Crippen molar-refractivity contribution in [2.75, 3.05) is 5.32 Å². The van der Waals surface area contributed by atoms with Crippen LogP contribution in [0.2, 0.25) is 0 Å². The average Bonchev–Trinajstić information content (AvgIpc) is 2.48. The minimum Gasteiger partial charge on any atom is -0.344 e. The summed E-state index contributed by atoms with van der Waals surface area (Å²) in [5, 5.41) is 5.19. The van der Waals surface area contributed by atoms with Gasteiger partial charge in [0.05, 0.1) is 0 Å². The molecule has 4 nitrogen and oxygen atoms in total. The van der Waals surface area contributed by atoms with Gasteiger partial charge in [0.2, 0.25) is 0 Å². The molecule has 0 aromatic heterocycles. The monoisotopic (exact) mass is 360 g/mol. The number of carbonyl (C=O) groups excluding carboxylic acids is 2. The SMILES string of the molecule is Cc1cccc(CNC(=O)C(=O)Nc2ccc(C)c(Br)c2)c1. The minimum atomic E-state index is -0.677. The Bertz CT molecular complexity index is 714. The molecule has 0 atom stereocenters. The molecule has 0 radical (unpaired) electrons. The number of carbonyl (C=O) groups is 2. The molecule has 2 aromatic carbocycles. The van der Waals surface area contributed by atoms with E-state index in [1.54, 1.807) is 12.1 Å². The largest absolute Gasteiger partial charge is 0.344 e. The van der Waals surface area contributed by atoms with E-state index in [9.17, 15) is 9.59 Å². The third-order valence-electron chi connectivity index (χ3n) is 3.17. The Morgan fingerprint density at radius 1 is 1.05 bits per heavy atom. The number of hydrogen-bond acceptors (Lipinski definition) is 2. The van der Waals surface area contributed by atoms with Gasteiger partial charge in [-0.2, -0.15) is 0 Å². The second-order valence-electron chi connectivity index (χ2n) is 5.09. The molecule has 0 aliphatic heterocycles. The smallest absolute Gasteiger partial charge is 0.313 e. The molecule has 0 fully saturated rings. The van der Waals surface area contributed by atoms with Crippen LogP contribution in [0.15, 0.2) is 46.9 Å². The number of nitrogens with one attached hydrogen (secondary N) is 2. The van der Waals surface area contributed by atoms with Crippen molar-refractivity contribution in [1.82, 2.24) is 5.32 Å². The van der Waals surface area contributed by atoms with E-state index in [1.165, 1.54) is 0 Å². The lowest BCUT2D eigenvalue weighted by atomic mass is 10.1. The van der Waals surface area contributed by atoms with Crippen LogP contribution < -0.4 is 10.6 Å². The first-order valence-corrected chi connectivity index (χ1v) is 7.66. The summed E-state index contributed by atoms with van der Waals surface area (Å²) in [7, 11) is 0. The summed E-state index contributed by atoms with van der Waals surface area (Å²) in [4.78, 5) is 23.7. The lowest BCUT2D eigenvalue weighted by Gasteiger charge is -2.08. The molecule has 0 unspecified atom stereocenters. The van der Waals surface area contributed by atoms with Crippen molar-refractivity contribution >= 4 is 33.4 Å². The Morgan fingerprint density at radius 2 is 1.82 bits per heavy atom. The predicted molar refractivity (Wildman–Crippen MR) is 90.5 cm³/mol. The summed E-state index contributed by atoms with van der Waals surface area (Å²) >= 11 is 3.39. The third-order valence-corrected chi connectivity index (χ3v) is 4.03. The van der Waals surface area contributed by atoms with Crippen LogP contribution in [0.3, 0.4) is 0 Å². The standard InChI is InChI=1S/C17H17BrN2O2/c1-11-4-3-5-13(8-11)10-19-16(21)17(22)20-14-7-6-12(2)15(18)9-14/h3-9H,10H2,1-2H3,(H,19,21)(H,20,22). The maximum Gasteiger partial charge on any atom is 0.313 e. The van der Waals surface area contributed by atoms with E-state index in [0.717, 1.165) is 21.2 Å². The summed E-state index contributed by atoms with van der Waals surface area (Å²) in [6.45, 7) is 4.25. The highest BCUT2D eigenvalue weighted by Crippen LogP contribution is 2.20. The number of hydrogen-bond donors (Lipinski definition) is 2. The molecule has 0 saturated heterocycles. The second-order valence-corrected chi connectivity index (χ2v) is 5.94. The van der Waals surface area contributed by atoms with Crippen molar-refractivity contribution in [2.24, 2.45) is 0 Å². The Morgan fingerprint density at radius 3 is 2.50 bits per heavy atom. The van der Waals surface area contributed by atoms with Gasteiger partial charge in [-0.05, 0) is 37.1 Å². The predicted octanol–water partition coefficient (Wildman–Crippen LogP) is 3.32. The highest BCUT2D eigenvalue weighted by Gasteiger charge is 2.13. The molecule has 114 valence electrons. The molecular weight excluding hydrogens is 344 g/mol. The highest BCUT2D eigenvalue weighted by atomic mass is 79.9. The molecule has 22 heavy (non-hydrogen) atoms. The molecule has 2 amide bonds.